The number of amides is 1. The average Bonchev–Trinajstić information content (AvgIpc) is 3.06. The van der Waals surface area contributed by atoms with Gasteiger partial charge in [0, 0.05) is 12.6 Å². The maximum absolute atomic E-state index is 11.5. The van der Waals surface area contributed by atoms with Gasteiger partial charge in [0.05, 0.1) is 6.54 Å². The van der Waals surface area contributed by atoms with Crippen LogP contribution in [0.4, 0.5) is 0 Å². The van der Waals surface area contributed by atoms with E-state index in [1.54, 1.807) is 0 Å². The Hall–Kier alpha value is -0.570. The van der Waals surface area contributed by atoms with Crippen LogP contribution in [-0.2, 0) is 4.79 Å². The fourth-order valence-electron chi connectivity index (χ4n) is 1.84. The molecule has 2 N–H and O–H groups in total. The maximum atomic E-state index is 11.5. The Morgan fingerprint density at radius 2 is 1.94 bits per heavy atom. The van der Waals surface area contributed by atoms with E-state index in [4.69, 9.17) is 0 Å². The first-order valence-electron chi connectivity index (χ1n) is 7.08. The highest BCUT2D eigenvalue weighted by molar-refractivity contribution is 5.78. The molecule has 0 aliphatic heterocycles. The van der Waals surface area contributed by atoms with Gasteiger partial charge in [0.1, 0.15) is 0 Å². The molecule has 1 unspecified atom stereocenters. The quantitative estimate of drug-likeness (QED) is 0.649. The molecule has 100 valence electrons. The molecule has 0 spiro atoms. The van der Waals surface area contributed by atoms with Gasteiger partial charge in [-0.15, -0.1) is 0 Å². The lowest BCUT2D eigenvalue weighted by molar-refractivity contribution is -0.120. The molecule has 1 aliphatic carbocycles. The Kier molecular flexibility index (Phi) is 6.56. The van der Waals surface area contributed by atoms with Crippen molar-refractivity contribution < 1.29 is 4.79 Å². The predicted molar refractivity (Wildman–Crippen MR) is 71.9 cm³/mol. The van der Waals surface area contributed by atoms with Gasteiger partial charge in [-0.1, -0.05) is 26.7 Å². The highest BCUT2D eigenvalue weighted by Crippen LogP contribution is 2.27. The van der Waals surface area contributed by atoms with E-state index >= 15 is 0 Å². The fraction of sp³-hybridized carbons (Fsp3) is 0.929. The Morgan fingerprint density at radius 1 is 1.24 bits per heavy atom. The molecule has 0 radical (unpaired) electrons. The van der Waals surface area contributed by atoms with Crippen molar-refractivity contribution in [1.29, 1.82) is 0 Å². The summed E-state index contributed by atoms with van der Waals surface area (Å²) in [5.41, 5.74) is 0. The molecule has 1 aliphatic rings. The van der Waals surface area contributed by atoms with E-state index in [1.165, 1.54) is 25.7 Å². The summed E-state index contributed by atoms with van der Waals surface area (Å²) < 4.78 is 0. The first-order valence-corrected chi connectivity index (χ1v) is 7.08. The van der Waals surface area contributed by atoms with Gasteiger partial charge in [-0.3, -0.25) is 4.79 Å². The highest BCUT2D eigenvalue weighted by Gasteiger charge is 2.21. The smallest absolute Gasteiger partial charge is 0.233 e. The van der Waals surface area contributed by atoms with Gasteiger partial charge in [0.2, 0.25) is 5.91 Å². The molecule has 3 nitrogen and oxygen atoms in total. The largest absolute Gasteiger partial charge is 0.355 e. The van der Waals surface area contributed by atoms with E-state index in [2.05, 4.69) is 31.4 Å². The van der Waals surface area contributed by atoms with Crippen LogP contribution >= 0.6 is 0 Å². The number of hydrogen-bond donors (Lipinski definition) is 2. The Bertz CT molecular complexity index is 224. The molecule has 0 bridgehead atoms. The lowest BCUT2D eigenvalue weighted by atomic mass is 10.0. The summed E-state index contributed by atoms with van der Waals surface area (Å²) >= 11 is 0. The number of nitrogens with one attached hydrogen (secondary N) is 2. The van der Waals surface area contributed by atoms with Gasteiger partial charge in [-0.2, -0.15) is 0 Å². The second kappa shape index (κ2) is 7.70. The predicted octanol–water partition coefficient (Wildman–Crippen LogP) is 2.32. The summed E-state index contributed by atoms with van der Waals surface area (Å²) in [6.45, 7) is 8.01. The molecule has 1 saturated carbocycles. The molecule has 3 heteroatoms. The van der Waals surface area contributed by atoms with Crippen LogP contribution in [0.1, 0.15) is 52.9 Å². The molecule has 1 fully saturated rings. The van der Waals surface area contributed by atoms with Gasteiger partial charge in [0.25, 0.3) is 0 Å². The van der Waals surface area contributed by atoms with E-state index in [0.717, 1.165) is 24.8 Å². The lowest BCUT2D eigenvalue weighted by Gasteiger charge is -2.14. The zero-order valence-corrected chi connectivity index (χ0v) is 11.6. The Labute approximate surface area is 106 Å². The van der Waals surface area contributed by atoms with Crippen LogP contribution in [0.5, 0.6) is 0 Å². The number of hydrogen-bond acceptors (Lipinski definition) is 2. The van der Waals surface area contributed by atoms with Crippen molar-refractivity contribution >= 4 is 5.91 Å². The minimum absolute atomic E-state index is 0.146. The minimum atomic E-state index is 0.146. The minimum Gasteiger partial charge on any atom is -0.355 e. The maximum Gasteiger partial charge on any atom is 0.233 e. The second-order valence-corrected chi connectivity index (χ2v) is 5.85. The molecule has 0 saturated heterocycles. The van der Waals surface area contributed by atoms with E-state index in [1.807, 2.05) is 0 Å². The van der Waals surface area contributed by atoms with Crippen molar-refractivity contribution in [2.24, 2.45) is 11.8 Å². The normalized spacial score (nSPS) is 17.2. The molecule has 0 aromatic heterocycles. The summed E-state index contributed by atoms with van der Waals surface area (Å²) in [7, 11) is 0. The topological polar surface area (TPSA) is 41.1 Å². The van der Waals surface area contributed by atoms with E-state index in [-0.39, 0.29) is 5.91 Å². The molecule has 0 heterocycles. The molecule has 1 rings (SSSR count). The van der Waals surface area contributed by atoms with Crippen molar-refractivity contribution in [3.05, 3.63) is 0 Å². The molecule has 0 aromatic carbocycles. The SMILES string of the molecule is CC(C)CCCC(C)NCC(=O)NCC1CC1. The summed E-state index contributed by atoms with van der Waals surface area (Å²) in [5, 5.41) is 6.26. The number of carbonyl (C=O) groups excluding carboxylic acids is 1. The summed E-state index contributed by atoms with van der Waals surface area (Å²) in [5.74, 6) is 1.69. The summed E-state index contributed by atoms with van der Waals surface area (Å²) in [4.78, 5) is 11.5. The van der Waals surface area contributed by atoms with Crippen LogP contribution in [-0.4, -0.2) is 25.0 Å². The molecular weight excluding hydrogens is 212 g/mol. The zero-order valence-electron chi connectivity index (χ0n) is 11.6. The van der Waals surface area contributed by atoms with Crippen LogP contribution < -0.4 is 10.6 Å². The van der Waals surface area contributed by atoms with Crippen molar-refractivity contribution in [1.82, 2.24) is 10.6 Å². The Morgan fingerprint density at radius 3 is 2.53 bits per heavy atom. The van der Waals surface area contributed by atoms with Gasteiger partial charge in [-0.25, -0.2) is 0 Å². The Balaban J connectivity index is 1.93. The van der Waals surface area contributed by atoms with Gasteiger partial charge >= 0.3 is 0 Å². The second-order valence-electron chi connectivity index (χ2n) is 5.85. The van der Waals surface area contributed by atoms with Crippen LogP contribution in [0.25, 0.3) is 0 Å². The molecule has 1 amide bonds. The third-order valence-electron chi connectivity index (χ3n) is 3.31. The van der Waals surface area contributed by atoms with Crippen molar-refractivity contribution in [3.63, 3.8) is 0 Å². The summed E-state index contributed by atoms with van der Waals surface area (Å²) in [6.07, 6.45) is 6.27. The standard InChI is InChI=1S/C14H28N2O/c1-11(2)5-4-6-12(3)15-10-14(17)16-9-13-7-8-13/h11-13,15H,4-10H2,1-3H3,(H,16,17). The van der Waals surface area contributed by atoms with Gasteiger partial charge in [0.15, 0.2) is 0 Å². The van der Waals surface area contributed by atoms with Gasteiger partial charge < -0.3 is 10.6 Å². The lowest BCUT2D eigenvalue weighted by Crippen LogP contribution is -2.38. The van der Waals surface area contributed by atoms with Crippen LogP contribution in [0.15, 0.2) is 0 Å². The van der Waals surface area contributed by atoms with Crippen molar-refractivity contribution in [2.45, 2.75) is 58.9 Å². The first-order chi connectivity index (χ1) is 8.08. The van der Waals surface area contributed by atoms with Crippen LogP contribution in [0, 0.1) is 11.8 Å². The molecule has 1 atom stereocenters. The van der Waals surface area contributed by atoms with Crippen LogP contribution in [0.3, 0.4) is 0 Å². The monoisotopic (exact) mass is 240 g/mol. The van der Waals surface area contributed by atoms with E-state index in [0.29, 0.717) is 12.6 Å². The van der Waals surface area contributed by atoms with Gasteiger partial charge in [-0.05, 0) is 38.0 Å². The molecule has 0 aromatic rings. The average molecular weight is 240 g/mol. The van der Waals surface area contributed by atoms with Crippen molar-refractivity contribution in [2.75, 3.05) is 13.1 Å². The van der Waals surface area contributed by atoms with Crippen molar-refractivity contribution in [3.8, 4) is 0 Å². The number of rotatable bonds is 9. The zero-order chi connectivity index (χ0) is 12.7. The summed E-state index contributed by atoms with van der Waals surface area (Å²) in [6, 6.07) is 0.445. The third kappa shape index (κ3) is 8.19. The highest BCUT2D eigenvalue weighted by atomic mass is 16.1. The van der Waals surface area contributed by atoms with E-state index < -0.39 is 0 Å². The van der Waals surface area contributed by atoms with E-state index in [9.17, 15) is 4.79 Å². The van der Waals surface area contributed by atoms with Crippen LogP contribution in [0.2, 0.25) is 0 Å². The number of carbonyl (C=O) groups is 1. The first kappa shape index (κ1) is 14.5. The third-order valence-corrected chi connectivity index (χ3v) is 3.31. The fourth-order valence-corrected chi connectivity index (χ4v) is 1.84. The molecule has 17 heavy (non-hydrogen) atoms. The molecular formula is C14H28N2O.